The topological polar surface area (TPSA) is 64.1 Å². The molecule has 2 aromatic carbocycles. The van der Waals surface area contributed by atoms with Gasteiger partial charge in [-0.05, 0) is 35.4 Å². The van der Waals surface area contributed by atoms with E-state index in [0.717, 1.165) is 45.1 Å². The zero-order chi connectivity index (χ0) is 22.4. The number of halogens is 1. The van der Waals surface area contributed by atoms with Gasteiger partial charge in [0.05, 0.1) is 25.9 Å². The lowest BCUT2D eigenvalue weighted by atomic mass is 10.1. The minimum atomic E-state index is 0. The van der Waals surface area contributed by atoms with Crippen LogP contribution in [0.25, 0.3) is 0 Å². The van der Waals surface area contributed by atoms with Crippen molar-refractivity contribution in [2.45, 2.75) is 45.6 Å². The van der Waals surface area contributed by atoms with Gasteiger partial charge in [0.15, 0.2) is 5.96 Å². The Morgan fingerprint density at radius 2 is 1.64 bits per heavy atom. The fourth-order valence-electron chi connectivity index (χ4n) is 3.50. The van der Waals surface area contributed by atoms with Crippen molar-refractivity contribution < 1.29 is 14.2 Å². The third kappa shape index (κ3) is 10.9. The molecule has 0 aromatic heterocycles. The average Bonchev–Trinajstić information content (AvgIpc) is 2.85. The summed E-state index contributed by atoms with van der Waals surface area (Å²) in [7, 11) is 1.79. The van der Waals surface area contributed by atoms with Crippen molar-refractivity contribution in [3.05, 3.63) is 71.3 Å². The number of guanidine groups is 1. The molecule has 33 heavy (non-hydrogen) atoms. The van der Waals surface area contributed by atoms with E-state index in [0.29, 0.717) is 31.8 Å². The van der Waals surface area contributed by atoms with E-state index in [1.54, 1.807) is 7.05 Å². The second kappa shape index (κ2) is 16.0. The minimum absolute atomic E-state index is 0. The summed E-state index contributed by atoms with van der Waals surface area (Å²) in [6.07, 6.45) is 2.31. The molecule has 0 aliphatic carbocycles. The molecule has 0 amide bonds. The maximum Gasteiger partial charge on any atom is 0.191 e. The van der Waals surface area contributed by atoms with E-state index in [-0.39, 0.29) is 24.0 Å². The Labute approximate surface area is 215 Å². The van der Waals surface area contributed by atoms with E-state index < -0.39 is 0 Å². The summed E-state index contributed by atoms with van der Waals surface area (Å²) in [6.45, 7) is 7.33. The van der Waals surface area contributed by atoms with E-state index in [1.807, 2.05) is 18.2 Å². The lowest BCUT2D eigenvalue weighted by molar-refractivity contribution is -0.0390. The van der Waals surface area contributed by atoms with Gasteiger partial charge in [-0.2, -0.15) is 0 Å². The highest BCUT2D eigenvalue weighted by molar-refractivity contribution is 14.0. The number of rotatable bonds is 11. The molecule has 1 fully saturated rings. The number of hydrogen-bond donors (Lipinski definition) is 2. The van der Waals surface area contributed by atoms with Crippen molar-refractivity contribution in [2.24, 2.45) is 10.9 Å². The van der Waals surface area contributed by atoms with Gasteiger partial charge in [0, 0.05) is 33.4 Å². The maximum atomic E-state index is 6.00. The molecule has 3 rings (SSSR count). The van der Waals surface area contributed by atoms with E-state index >= 15 is 0 Å². The lowest BCUT2D eigenvalue weighted by Crippen LogP contribution is -2.39. The maximum absolute atomic E-state index is 6.00. The summed E-state index contributed by atoms with van der Waals surface area (Å²) in [5, 5.41) is 6.76. The lowest BCUT2D eigenvalue weighted by Gasteiger charge is -2.22. The van der Waals surface area contributed by atoms with Crippen molar-refractivity contribution in [1.29, 1.82) is 0 Å². The van der Waals surface area contributed by atoms with E-state index in [9.17, 15) is 0 Å². The number of aliphatic imine (C=N–C) groups is 1. The Morgan fingerprint density at radius 1 is 0.970 bits per heavy atom. The minimum Gasteiger partial charge on any atom is -0.381 e. The van der Waals surface area contributed by atoms with Gasteiger partial charge in [-0.15, -0.1) is 24.0 Å². The van der Waals surface area contributed by atoms with Gasteiger partial charge >= 0.3 is 0 Å². The first kappa shape index (κ1) is 27.6. The molecule has 0 saturated carbocycles. The van der Waals surface area contributed by atoms with Crippen LogP contribution in [0.3, 0.4) is 0 Å². The number of hydrogen-bond acceptors (Lipinski definition) is 4. The van der Waals surface area contributed by atoms with Gasteiger partial charge in [0.2, 0.25) is 0 Å². The number of nitrogens with one attached hydrogen (secondary N) is 2. The molecule has 2 N–H and O–H groups in total. The molecular weight excluding hydrogens is 529 g/mol. The van der Waals surface area contributed by atoms with E-state index in [2.05, 4.69) is 58.9 Å². The molecule has 2 aromatic rings. The second-order valence-electron chi connectivity index (χ2n) is 8.35. The van der Waals surface area contributed by atoms with Crippen molar-refractivity contribution in [3.63, 3.8) is 0 Å². The first-order valence-corrected chi connectivity index (χ1v) is 11.6. The Hall–Kier alpha value is -1.68. The van der Waals surface area contributed by atoms with Crippen molar-refractivity contribution >= 4 is 29.9 Å². The fraction of sp³-hybridized carbons (Fsp3) is 0.500. The number of nitrogens with zero attached hydrogens (tertiary/aromatic N) is 1. The monoisotopic (exact) mass is 567 g/mol. The predicted molar refractivity (Wildman–Crippen MR) is 144 cm³/mol. The largest absolute Gasteiger partial charge is 0.381 e. The van der Waals surface area contributed by atoms with Gasteiger partial charge in [0.25, 0.3) is 0 Å². The molecule has 7 heteroatoms. The van der Waals surface area contributed by atoms with Crippen LogP contribution in [0.2, 0.25) is 0 Å². The number of ether oxygens (including phenoxy) is 3. The van der Waals surface area contributed by atoms with E-state index in [4.69, 9.17) is 14.2 Å². The van der Waals surface area contributed by atoms with Gasteiger partial charge in [-0.1, -0.05) is 61.5 Å². The molecule has 6 nitrogen and oxygen atoms in total. The van der Waals surface area contributed by atoms with Gasteiger partial charge in [0.1, 0.15) is 0 Å². The molecule has 182 valence electrons. The van der Waals surface area contributed by atoms with Crippen LogP contribution in [0.1, 0.15) is 36.5 Å². The molecule has 0 bridgehead atoms. The molecule has 0 radical (unpaired) electrons. The summed E-state index contributed by atoms with van der Waals surface area (Å²) in [4.78, 5) is 4.33. The van der Waals surface area contributed by atoms with Crippen LogP contribution in [0.5, 0.6) is 0 Å². The van der Waals surface area contributed by atoms with Crippen LogP contribution in [0.15, 0.2) is 59.6 Å². The van der Waals surface area contributed by atoms with Crippen LogP contribution in [-0.2, 0) is 34.0 Å². The Kier molecular flexibility index (Phi) is 13.4. The second-order valence-corrected chi connectivity index (χ2v) is 8.35. The third-order valence-corrected chi connectivity index (χ3v) is 5.49. The van der Waals surface area contributed by atoms with Crippen LogP contribution < -0.4 is 10.6 Å². The van der Waals surface area contributed by atoms with Crippen LogP contribution in [0.4, 0.5) is 0 Å². The molecule has 1 heterocycles. The standard InChI is InChI=1S/C26H37N3O3.HI/c1-21(18-31-19-23-6-4-3-5-7-23)16-28-26(27-2)29-17-22-8-10-24(11-9-22)20-32-25-12-14-30-15-13-25;/h3-11,21,25H,12-20H2,1-2H3,(H2,27,28,29);1H. The summed E-state index contributed by atoms with van der Waals surface area (Å²) >= 11 is 0. The van der Waals surface area contributed by atoms with Gasteiger partial charge < -0.3 is 24.8 Å². The Balaban J connectivity index is 0.00000385. The predicted octanol–water partition coefficient (Wildman–Crippen LogP) is 4.52. The highest BCUT2D eigenvalue weighted by Crippen LogP contribution is 2.14. The van der Waals surface area contributed by atoms with Crippen LogP contribution in [0, 0.1) is 5.92 Å². The fourth-order valence-corrected chi connectivity index (χ4v) is 3.50. The molecular formula is C26H38IN3O3. The third-order valence-electron chi connectivity index (χ3n) is 5.49. The first-order valence-electron chi connectivity index (χ1n) is 11.6. The molecule has 1 aliphatic rings. The van der Waals surface area contributed by atoms with Crippen molar-refractivity contribution in [2.75, 3.05) is 33.4 Å². The van der Waals surface area contributed by atoms with Gasteiger partial charge in [-0.25, -0.2) is 0 Å². The normalized spacial score (nSPS) is 15.5. The zero-order valence-corrected chi connectivity index (χ0v) is 22.1. The summed E-state index contributed by atoms with van der Waals surface area (Å²) in [5.74, 6) is 1.18. The molecule has 1 saturated heterocycles. The van der Waals surface area contributed by atoms with Crippen LogP contribution in [-0.4, -0.2) is 45.5 Å². The summed E-state index contributed by atoms with van der Waals surface area (Å²) < 4.78 is 17.2. The molecule has 1 unspecified atom stereocenters. The first-order chi connectivity index (χ1) is 15.7. The SMILES string of the molecule is CN=C(NCc1ccc(COC2CCOCC2)cc1)NCC(C)COCc1ccccc1.I. The van der Waals surface area contributed by atoms with E-state index in [1.165, 1.54) is 16.7 Å². The molecule has 1 aliphatic heterocycles. The average molecular weight is 568 g/mol. The highest BCUT2D eigenvalue weighted by atomic mass is 127. The van der Waals surface area contributed by atoms with Crippen LogP contribution >= 0.6 is 24.0 Å². The molecule has 0 spiro atoms. The smallest absolute Gasteiger partial charge is 0.191 e. The Morgan fingerprint density at radius 3 is 2.33 bits per heavy atom. The van der Waals surface area contributed by atoms with Gasteiger partial charge in [-0.3, -0.25) is 4.99 Å². The van der Waals surface area contributed by atoms with Crippen molar-refractivity contribution in [1.82, 2.24) is 10.6 Å². The summed E-state index contributed by atoms with van der Waals surface area (Å²) in [5.41, 5.74) is 3.61. The zero-order valence-electron chi connectivity index (χ0n) is 19.8. The molecule has 1 atom stereocenters. The Bertz CT molecular complexity index is 796. The number of benzene rings is 2. The highest BCUT2D eigenvalue weighted by Gasteiger charge is 2.14. The summed E-state index contributed by atoms with van der Waals surface area (Å²) in [6, 6.07) is 18.8. The quantitative estimate of drug-likeness (QED) is 0.238. The van der Waals surface area contributed by atoms with Crippen molar-refractivity contribution in [3.8, 4) is 0 Å².